The highest BCUT2D eigenvalue weighted by atomic mass is 14.8. The van der Waals surface area contributed by atoms with Gasteiger partial charge < -0.3 is 5.32 Å². The fourth-order valence-corrected chi connectivity index (χ4v) is 2.10. The molecule has 0 fully saturated rings. The average molecular weight is 233 g/mol. The second kappa shape index (κ2) is 9.09. The number of nitrogens with one attached hydrogen (secondary N) is 1. The minimum atomic E-state index is 0.997. The third kappa shape index (κ3) is 6.35. The van der Waals surface area contributed by atoms with Gasteiger partial charge in [-0.05, 0) is 37.5 Å². The monoisotopic (exact) mass is 233 g/mol. The first kappa shape index (κ1) is 14.1. The van der Waals surface area contributed by atoms with E-state index in [1.807, 2.05) is 0 Å². The summed E-state index contributed by atoms with van der Waals surface area (Å²) in [4.78, 5) is 0. The number of hydrogen-bond acceptors (Lipinski definition) is 1. The van der Waals surface area contributed by atoms with Crippen LogP contribution >= 0.6 is 0 Å². The summed E-state index contributed by atoms with van der Waals surface area (Å²) in [6, 6.07) is 8.89. The summed E-state index contributed by atoms with van der Waals surface area (Å²) >= 11 is 0. The van der Waals surface area contributed by atoms with Crippen molar-refractivity contribution in [3.8, 4) is 0 Å². The molecule has 0 unspecified atom stereocenters. The molecule has 0 saturated heterocycles. The summed E-state index contributed by atoms with van der Waals surface area (Å²) in [6.45, 7) is 5.40. The maximum Gasteiger partial charge on any atom is 0.0340 e. The smallest absolute Gasteiger partial charge is 0.0340 e. The van der Waals surface area contributed by atoms with Gasteiger partial charge in [0.25, 0.3) is 0 Å². The Morgan fingerprint density at radius 1 is 0.824 bits per heavy atom. The Morgan fingerprint density at radius 2 is 1.47 bits per heavy atom. The summed E-state index contributed by atoms with van der Waals surface area (Å²) in [7, 11) is 0. The zero-order chi connectivity index (χ0) is 12.3. The van der Waals surface area contributed by atoms with Crippen LogP contribution in [0.2, 0.25) is 0 Å². The molecule has 1 aromatic carbocycles. The van der Waals surface area contributed by atoms with Crippen LogP contribution in [0.25, 0.3) is 0 Å². The van der Waals surface area contributed by atoms with Crippen molar-refractivity contribution in [2.75, 3.05) is 11.9 Å². The molecule has 96 valence electrons. The van der Waals surface area contributed by atoms with E-state index in [1.165, 1.54) is 56.2 Å². The quantitative estimate of drug-likeness (QED) is 0.590. The van der Waals surface area contributed by atoms with Crippen molar-refractivity contribution >= 4 is 5.69 Å². The fourth-order valence-electron chi connectivity index (χ4n) is 2.10. The summed E-state index contributed by atoms with van der Waals surface area (Å²) in [5, 5.41) is 3.33. The van der Waals surface area contributed by atoms with Crippen molar-refractivity contribution in [2.45, 2.75) is 58.8 Å². The molecule has 0 atom stereocenters. The number of rotatable bonds is 9. The van der Waals surface area contributed by atoms with Crippen molar-refractivity contribution in [2.24, 2.45) is 0 Å². The van der Waals surface area contributed by atoms with E-state index in [9.17, 15) is 0 Å². The molecule has 1 N–H and O–H groups in total. The van der Waals surface area contributed by atoms with Gasteiger partial charge in [0.15, 0.2) is 0 Å². The minimum Gasteiger partial charge on any atom is -0.385 e. The van der Waals surface area contributed by atoms with Crippen LogP contribution in [0.3, 0.4) is 0 Å². The minimum absolute atomic E-state index is 0.997. The van der Waals surface area contributed by atoms with Gasteiger partial charge in [-0.25, -0.2) is 0 Å². The summed E-state index contributed by atoms with van der Waals surface area (Å²) in [5.74, 6) is 0. The molecule has 0 aliphatic rings. The molecule has 1 nitrogen and oxygen atoms in total. The van der Waals surface area contributed by atoms with E-state index in [2.05, 4.69) is 43.4 Å². The number of aryl methyl sites for hydroxylation is 1. The Morgan fingerprint density at radius 3 is 2.12 bits per heavy atom. The molecule has 0 radical (unpaired) electrons. The zero-order valence-electron chi connectivity index (χ0n) is 11.5. The first-order valence-corrected chi connectivity index (χ1v) is 7.19. The molecular weight excluding hydrogens is 206 g/mol. The van der Waals surface area contributed by atoms with Crippen molar-refractivity contribution in [3.63, 3.8) is 0 Å². The van der Waals surface area contributed by atoms with Gasteiger partial charge >= 0.3 is 0 Å². The van der Waals surface area contributed by atoms with Crippen LogP contribution in [0.15, 0.2) is 24.3 Å². The second-order valence-electron chi connectivity index (χ2n) is 4.75. The molecule has 0 aliphatic carbocycles. The normalized spacial score (nSPS) is 10.5. The van der Waals surface area contributed by atoms with Crippen LogP contribution in [-0.4, -0.2) is 6.54 Å². The Labute approximate surface area is 107 Å². The average Bonchev–Trinajstić information content (AvgIpc) is 2.36. The molecule has 0 aliphatic heterocycles. The first-order chi connectivity index (χ1) is 8.36. The largest absolute Gasteiger partial charge is 0.385 e. The van der Waals surface area contributed by atoms with E-state index in [1.54, 1.807) is 0 Å². The van der Waals surface area contributed by atoms with Crippen LogP contribution in [0.4, 0.5) is 5.69 Å². The van der Waals surface area contributed by atoms with Crippen LogP contribution < -0.4 is 5.32 Å². The Hall–Kier alpha value is -0.980. The molecule has 1 rings (SSSR count). The standard InChI is InChI=1S/C16H27N/c1-3-5-6-7-8-9-10-15-11-13-16(14-12-15)17-4-2/h11-14,17H,3-10H2,1-2H3. The summed E-state index contributed by atoms with van der Waals surface area (Å²) < 4.78 is 0. The molecule has 0 aromatic heterocycles. The summed E-state index contributed by atoms with van der Waals surface area (Å²) in [5.41, 5.74) is 2.71. The predicted molar refractivity (Wildman–Crippen MR) is 77.7 cm³/mol. The van der Waals surface area contributed by atoms with E-state index >= 15 is 0 Å². The molecule has 17 heavy (non-hydrogen) atoms. The lowest BCUT2D eigenvalue weighted by Crippen LogP contribution is -1.96. The van der Waals surface area contributed by atoms with Crippen molar-refractivity contribution in [3.05, 3.63) is 29.8 Å². The molecular formula is C16H27N. The van der Waals surface area contributed by atoms with Gasteiger partial charge in [0.2, 0.25) is 0 Å². The van der Waals surface area contributed by atoms with Crippen molar-refractivity contribution < 1.29 is 0 Å². The lowest BCUT2D eigenvalue weighted by atomic mass is 10.0. The fraction of sp³-hybridized carbons (Fsp3) is 0.625. The highest BCUT2D eigenvalue weighted by Gasteiger charge is 1.95. The first-order valence-electron chi connectivity index (χ1n) is 7.19. The van der Waals surface area contributed by atoms with Crippen LogP contribution in [-0.2, 0) is 6.42 Å². The van der Waals surface area contributed by atoms with Crippen molar-refractivity contribution in [1.82, 2.24) is 0 Å². The lowest BCUT2D eigenvalue weighted by Gasteiger charge is -2.05. The molecule has 1 aromatic rings. The third-order valence-corrected chi connectivity index (χ3v) is 3.15. The van der Waals surface area contributed by atoms with E-state index in [-0.39, 0.29) is 0 Å². The number of hydrogen-bond donors (Lipinski definition) is 1. The molecule has 0 spiro atoms. The Balaban J connectivity index is 2.14. The lowest BCUT2D eigenvalue weighted by molar-refractivity contribution is 0.607. The van der Waals surface area contributed by atoms with E-state index in [4.69, 9.17) is 0 Å². The topological polar surface area (TPSA) is 12.0 Å². The summed E-state index contributed by atoms with van der Waals surface area (Å²) in [6.07, 6.45) is 9.51. The van der Waals surface area contributed by atoms with Gasteiger partial charge in [0, 0.05) is 12.2 Å². The maximum absolute atomic E-state index is 3.33. The predicted octanol–water partition coefficient (Wildman–Crippen LogP) is 5.02. The molecule has 0 amide bonds. The molecule has 1 heteroatoms. The van der Waals surface area contributed by atoms with Crippen LogP contribution in [0.5, 0.6) is 0 Å². The molecule has 0 saturated carbocycles. The Kier molecular flexibility index (Phi) is 7.53. The van der Waals surface area contributed by atoms with Gasteiger partial charge in [-0.1, -0.05) is 51.2 Å². The van der Waals surface area contributed by atoms with Crippen LogP contribution in [0, 0.1) is 0 Å². The number of anilines is 1. The maximum atomic E-state index is 3.33. The van der Waals surface area contributed by atoms with Gasteiger partial charge in [0.1, 0.15) is 0 Å². The second-order valence-corrected chi connectivity index (χ2v) is 4.75. The Bertz CT molecular complexity index is 276. The van der Waals surface area contributed by atoms with Gasteiger partial charge in [-0.2, -0.15) is 0 Å². The highest BCUT2D eigenvalue weighted by Crippen LogP contribution is 2.13. The van der Waals surface area contributed by atoms with Crippen LogP contribution in [0.1, 0.15) is 57.9 Å². The van der Waals surface area contributed by atoms with Gasteiger partial charge in [-0.15, -0.1) is 0 Å². The van der Waals surface area contributed by atoms with E-state index < -0.39 is 0 Å². The SMILES string of the molecule is CCCCCCCCc1ccc(NCC)cc1. The molecule has 0 bridgehead atoms. The zero-order valence-corrected chi connectivity index (χ0v) is 11.5. The molecule has 0 heterocycles. The third-order valence-electron chi connectivity index (χ3n) is 3.15. The highest BCUT2D eigenvalue weighted by molar-refractivity contribution is 5.44. The number of benzene rings is 1. The van der Waals surface area contributed by atoms with E-state index in [0.29, 0.717) is 0 Å². The van der Waals surface area contributed by atoms with Gasteiger partial charge in [-0.3, -0.25) is 0 Å². The van der Waals surface area contributed by atoms with E-state index in [0.717, 1.165) is 6.54 Å². The van der Waals surface area contributed by atoms with Crippen molar-refractivity contribution in [1.29, 1.82) is 0 Å². The number of unbranched alkanes of at least 4 members (excludes halogenated alkanes) is 5. The van der Waals surface area contributed by atoms with Gasteiger partial charge in [0.05, 0.1) is 0 Å².